The second-order valence-electron chi connectivity index (χ2n) is 9.84. The summed E-state index contributed by atoms with van der Waals surface area (Å²) in [4.78, 5) is 18.5. The maximum atomic E-state index is 13.5. The Morgan fingerprint density at radius 3 is 2.41 bits per heavy atom. The van der Waals surface area contributed by atoms with Gasteiger partial charge in [0.05, 0.1) is 19.8 Å². The fraction of sp³-hybridized carbons (Fsp3) is 0.235. The van der Waals surface area contributed by atoms with E-state index >= 15 is 0 Å². The standard InChI is InChI=1S/C34H33NO4/c1-38-32-16-15-23(19-33(32)39-2)17-18-35-29-20-27(24-9-4-3-5-10-24)22-31(37)34(29)30(36)21-26-13-8-12-25-11-6-7-14-28(25)26/h3-16,19,27,36H,17-18,20-22H2,1-2H3/b34-30+,35-29?. The van der Waals surface area contributed by atoms with E-state index in [1.165, 1.54) is 0 Å². The molecule has 5 rings (SSSR count). The number of allylic oxidation sites excluding steroid dienone is 2. The van der Waals surface area contributed by atoms with Gasteiger partial charge in [-0.3, -0.25) is 9.79 Å². The first-order valence-corrected chi connectivity index (χ1v) is 13.3. The third kappa shape index (κ3) is 5.88. The van der Waals surface area contributed by atoms with E-state index in [9.17, 15) is 9.90 Å². The average molecular weight is 520 g/mol. The van der Waals surface area contributed by atoms with E-state index in [1.807, 2.05) is 60.7 Å². The number of carbonyl (C=O) groups excluding carboxylic acids is 1. The Kier molecular flexibility index (Phi) is 8.07. The van der Waals surface area contributed by atoms with E-state index in [-0.39, 0.29) is 23.9 Å². The molecule has 0 aromatic heterocycles. The van der Waals surface area contributed by atoms with Crippen LogP contribution in [0.2, 0.25) is 0 Å². The quantitative estimate of drug-likeness (QED) is 0.200. The van der Waals surface area contributed by atoms with Crippen molar-refractivity contribution in [3.63, 3.8) is 0 Å². The fourth-order valence-electron chi connectivity index (χ4n) is 5.40. The van der Waals surface area contributed by atoms with Crippen molar-refractivity contribution in [3.8, 4) is 11.5 Å². The highest BCUT2D eigenvalue weighted by Crippen LogP contribution is 2.34. The molecule has 0 aliphatic heterocycles. The molecule has 0 radical (unpaired) electrons. The van der Waals surface area contributed by atoms with Gasteiger partial charge in [0.15, 0.2) is 17.3 Å². The zero-order valence-corrected chi connectivity index (χ0v) is 22.4. The third-order valence-electron chi connectivity index (χ3n) is 7.39. The molecule has 1 fully saturated rings. The van der Waals surface area contributed by atoms with Crippen molar-refractivity contribution in [2.45, 2.75) is 31.6 Å². The Morgan fingerprint density at radius 2 is 1.62 bits per heavy atom. The molecule has 5 nitrogen and oxygen atoms in total. The van der Waals surface area contributed by atoms with Crippen molar-refractivity contribution in [1.29, 1.82) is 0 Å². The Labute approximate surface area is 229 Å². The summed E-state index contributed by atoms with van der Waals surface area (Å²) in [6, 6.07) is 30.1. The van der Waals surface area contributed by atoms with Crippen molar-refractivity contribution in [2.24, 2.45) is 4.99 Å². The van der Waals surface area contributed by atoms with Gasteiger partial charge in [-0.2, -0.15) is 0 Å². The number of benzene rings is 4. The molecule has 1 unspecified atom stereocenters. The van der Waals surface area contributed by atoms with E-state index in [0.29, 0.717) is 48.6 Å². The number of aliphatic hydroxyl groups excluding tert-OH is 1. The van der Waals surface area contributed by atoms with Gasteiger partial charge in [-0.05, 0) is 58.4 Å². The number of aliphatic imine (C=N–C) groups is 1. The lowest BCUT2D eigenvalue weighted by Crippen LogP contribution is -2.27. The fourth-order valence-corrected chi connectivity index (χ4v) is 5.40. The summed E-state index contributed by atoms with van der Waals surface area (Å²) >= 11 is 0. The lowest BCUT2D eigenvalue weighted by molar-refractivity contribution is -0.115. The number of methoxy groups -OCH3 is 2. The van der Waals surface area contributed by atoms with Crippen molar-refractivity contribution in [1.82, 2.24) is 0 Å². The molecule has 4 aromatic rings. The second kappa shape index (κ2) is 12.0. The van der Waals surface area contributed by atoms with Crippen LogP contribution in [0.1, 0.15) is 35.4 Å². The summed E-state index contributed by atoms with van der Waals surface area (Å²) in [5.41, 5.74) is 4.22. The van der Waals surface area contributed by atoms with Crippen LogP contribution in [-0.2, 0) is 17.6 Å². The van der Waals surface area contributed by atoms with Gasteiger partial charge in [0, 0.05) is 25.1 Å². The molecule has 1 N–H and O–H groups in total. The average Bonchev–Trinajstić information content (AvgIpc) is 2.97. The van der Waals surface area contributed by atoms with Crippen molar-refractivity contribution >= 4 is 22.3 Å². The number of fused-ring (bicyclic) bond motifs is 1. The molecule has 0 heterocycles. The van der Waals surface area contributed by atoms with E-state index in [0.717, 1.165) is 27.5 Å². The summed E-state index contributed by atoms with van der Waals surface area (Å²) in [5.74, 6) is 1.42. The van der Waals surface area contributed by atoms with Crippen LogP contribution in [0.4, 0.5) is 0 Å². The van der Waals surface area contributed by atoms with Gasteiger partial charge < -0.3 is 14.6 Å². The minimum absolute atomic E-state index is 0.0348. The monoisotopic (exact) mass is 519 g/mol. The van der Waals surface area contributed by atoms with Gasteiger partial charge in [-0.25, -0.2) is 0 Å². The lowest BCUT2D eigenvalue weighted by Gasteiger charge is -2.26. The summed E-state index contributed by atoms with van der Waals surface area (Å²) in [5, 5.41) is 13.6. The summed E-state index contributed by atoms with van der Waals surface area (Å²) in [7, 11) is 3.24. The van der Waals surface area contributed by atoms with Crippen LogP contribution in [0.25, 0.3) is 10.8 Å². The largest absolute Gasteiger partial charge is 0.511 e. The van der Waals surface area contributed by atoms with Gasteiger partial charge >= 0.3 is 0 Å². The molecule has 39 heavy (non-hydrogen) atoms. The molecule has 0 amide bonds. The highest BCUT2D eigenvalue weighted by atomic mass is 16.5. The predicted molar refractivity (Wildman–Crippen MR) is 156 cm³/mol. The Balaban J connectivity index is 1.46. The van der Waals surface area contributed by atoms with Crippen molar-refractivity contribution in [3.05, 3.63) is 119 Å². The molecular weight excluding hydrogens is 486 g/mol. The molecule has 1 aliphatic carbocycles. The molecule has 0 bridgehead atoms. The molecule has 198 valence electrons. The van der Waals surface area contributed by atoms with E-state index in [4.69, 9.17) is 14.5 Å². The summed E-state index contributed by atoms with van der Waals surface area (Å²) in [6.45, 7) is 0.491. The minimum atomic E-state index is -0.0577. The van der Waals surface area contributed by atoms with Gasteiger partial charge in [0.2, 0.25) is 0 Å². The van der Waals surface area contributed by atoms with E-state index < -0.39 is 0 Å². The van der Waals surface area contributed by atoms with Gasteiger partial charge in [0.1, 0.15) is 5.76 Å². The highest BCUT2D eigenvalue weighted by Gasteiger charge is 2.32. The maximum absolute atomic E-state index is 13.5. The first kappa shape index (κ1) is 26.2. The number of Topliss-reactive ketones (excluding diaryl/α,β-unsaturated/α-hetero) is 1. The van der Waals surface area contributed by atoms with Crippen LogP contribution in [0, 0.1) is 0 Å². The number of rotatable bonds is 8. The number of aliphatic hydroxyl groups is 1. The number of nitrogens with zero attached hydrogens (tertiary/aromatic N) is 1. The van der Waals surface area contributed by atoms with Crippen LogP contribution in [0.3, 0.4) is 0 Å². The lowest BCUT2D eigenvalue weighted by atomic mass is 9.78. The second-order valence-corrected chi connectivity index (χ2v) is 9.84. The van der Waals surface area contributed by atoms with Crippen LogP contribution in [0.5, 0.6) is 11.5 Å². The molecule has 1 atom stereocenters. The van der Waals surface area contributed by atoms with E-state index in [2.05, 4.69) is 30.3 Å². The zero-order chi connectivity index (χ0) is 27.2. The predicted octanol–water partition coefficient (Wildman–Crippen LogP) is 7.04. The smallest absolute Gasteiger partial charge is 0.168 e. The van der Waals surface area contributed by atoms with Crippen molar-refractivity contribution < 1.29 is 19.4 Å². The SMILES string of the molecule is COc1ccc(CCN=C2CC(c3ccccc3)CC(=O)/C2=C(/O)Cc2cccc3ccccc23)cc1OC. The number of ketones is 1. The molecule has 5 heteroatoms. The Morgan fingerprint density at radius 1 is 0.872 bits per heavy atom. The van der Waals surface area contributed by atoms with Crippen LogP contribution in [-0.4, -0.2) is 37.4 Å². The number of carbonyl (C=O) groups is 1. The Bertz CT molecular complexity index is 1530. The Hall–Kier alpha value is -4.38. The molecule has 4 aromatic carbocycles. The first-order chi connectivity index (χ1) is 19.1. The van der Waals surface area contributed by atoms with Crippen LogP contribution < -0.4 is 9.47 Å². The summed E-state index contributed by atoms with van der Waals surface area (Å²) < 4.78 is 10.8. The van der Waals surface area contributed by atoms with E-state index in [1.54, 1.807) is 14.2 Å². The van der Waals surface area contributed by atoms with Gasteiger partial charge in [-0.1, -0.05) is 78.9 Å². The first-order valence-electron chi connectivity index (χ1n) is 13.3. The zero-order valence-electron chi connectivity index (χ0n) is 22.4. The number of hydrogen-bond donors (Lipinski definition) is 1. The van der Waals surface area contributed by atoms with Crippen LogP contribution >= 0.6 is 0 Å². The maximum Gasteiger partial charge on any atom is 0.168 e. The number of ether oxygens (including phenoxy) is 2. The number of hydrogen-bond acceptors (Lipinski definition) is 5. The van der Waals surface area contributed by atoms with Crippen LogP contribution in [0.15, 0.2) is 107 Å². The summed E-state index contributed by atoms with van der Waals surface area (Å²) in [6.07, 6.45) is 1.92. The molecule has 1 aliphatic rings. The van der Waals surface area contributed by atoms with Gasteiger partial charge in [0.25, 0.3) is 0 Å². The molecule has 0 spiro atoms. The van der Waals surface area contributed by atoms with Crippen molar-refractivity contribution in [2.75, 3.05) is 20.8 Å². The normalized spacial score (nSPS) is 17.8. The molecule has 1 saturated carbocycles. The third-order valence-corrected chi connectivity index (χ3v) is 7.39. The topological polar surface area (TPSA) is 68.1 Å². The highest BCUT2D eigenvalue weighted by molar-refractivity contribution is 6.24. The molecule has 0 saturated heterocycles. The molecular formula is C34H33NO4. The minimum Gasteiger partial charge on any atom is -0.511 e. The van der Waals surface area contributed by atoms with Gasteiger partial charge in [-0.15, -0.1) is 0 Å².